The van der Waals surface area contributed by atoms with Crippen LogP contribution in [0.5, 0.6) is 0 Å². The molecule has 1 aliphatic rings. The number of halogens is 3. The highest BCUT2D eigenvalue weighted by Crippen LogP contribution is 2.48. The molecule has 0 radical (unpaired) electrons. The van der Waals surface area contributed by atoms with Crippen molar-refractivity contribution in [2.24, 2.45) is 5.73 Å². The topological polar surface area (TPSA) is 141 Å². The zero-order valence-corrected chi connectivity index (χ0v) is 35.4. The molecular formula is C50H42F3N5O6S. The number of nitrogens with two attached hydrogens (primary N) is 1. The smallest absolute Gasteiger partial charge is 0.358 e. The summed E-state index contributed by atoms with van der Waals surface area (Å²) >= 11 is 0. The van der Waals surface area contributed by atoms with E-state index in [9.17, 15) is 21.6 Å². The predicted molar refractivity (Wildman–Crippen MR) is 236 cm³/mol. The van der Waals surface area contributed by atoms with Crippen molar-refractivity contribution in [3.05, 3.63) is 234 Å². The molecule has 2 aromatic heterocycles. The van der Waals surface area contributed by atoms with Crippen molar-refractivity contribution in [1.29, 1.82) is 0 Å². The van der Waals surface area contributed by atoms with Crippen molar-refractivity contribution >= 4 is 21.3 Å². The molecule has 65 heavy (non-hydrogen) atoms. The van der Waals surface area contributed by atoms with Gasteiger partial charge in [-0.25, -0.2) is 15.0 Å². The maximum atomic E-state index is 14.7. The first-order valence-corrected chi connectivity index (χ1v) is 22.1. The Balaban J connectivity index is 1.29. The lowest BCUT2D eigenvalue weighted by Crippen LogP contribution is -2.48. The second-order valence-corrected chi connectivity index (χ2v) is 16.9. The van der Waals surface area contributed by atoms with E-state index in [2.05, 4.69) is 15.0 Å². The third-order valence-electron chi connectivity index (χ3n) is 11.6. The van der Waals surface area contributed by atoms with E-state index in [1.165, 1.54) is 17.2 Å². The second kappa shape index (κ2) is 18.1. The van der Waals surface area contributed by atoms with Gasteiger partial charge in [0.05, 0.1) is 18.6 Å². The molecule has 330 valence electrons. The minimum absolute atomic E-state index is 0.0412. The first kappa shape index (κ1) is 43.7. The van der Waals surface area contributed by atoms with E-state index in [1.807, 2.05) is 182 Å². The minimum Gasteiger partial charge on any atom is -0.358 e. The van der Waals surface area contributed by atoms with Gasteiger partial charge < -0.3 is 19.9 Å². The molecule has 1 aliphatic heterocycles. The fourth-order valence-corrected chi connectivity index (χ4v) is 9.26. The molecule has 6 aromatic carbocycles. The lowest BCUT2D eigenvalue weighted by atomic mass is 9.79. The van der Waals surface area contributed by atoms with Gasteiger partial charge in [0.15, 0.2) is 18.0 Å². The normalized spacial score (nSPS) is 18.2. The summed E-state index contributed by atoms with van der Waals surface area (Å²) in [6, 6.07) is 55.9. The SMILES string of the molecule is NCc1ncnc2c1ncn2[C@@H]1O[C@H](COC(c2ccccc2)(c2ccccc2)c2ccccc2)[C@@H](OC(c2ccccc2)(c2ccccc2)c2ccccc2)[C@H]1OS(=O)(=O)C(F)(F)F. The Bertz CT molecular complexity index is 2740. The average Bonchev–Trinajstić information content (AvgIpc) is 3.92. The summed E-state index contributed by atoms with van der Waals surface area (Å²) in [5.74, 6) is 0. The summed E-state index contributed by atoms with van der Waals surface area (Å²) < 4.78 is 99.2. The van der Waals surface area contributed by atoms with Crippen LogP contribution < -0.4 is 5.73 Å². The minimum atomic E-state index is -6.34. The summed E-state index contributed by atoms with van der Waals surface area (Å²) in [6.07, 6.45) is -4.19. The highest BCUT2D eigenvalue weighted by molar-refractivity contribution is 7.87. The summed E-state index contributed by atoms with van der Waals surface area (Å²) in [7, 11) is -6.34. The molecule has 1 saturated heterocycles. The first-order valence-electron chi connectivity index (χ1n) is 20.7. The quantitative estimate of drug-likeness (QED) is 0.0603. The van der Waals surface area contributed by atoms with Gasteiger partial charge in [0.1, 0.15) is 35.3 Å². The number of ether oxygens (including phenoxy) is 3. The number of imidazole rings is 1. The Hall–Kier alpha value is -6.59. The van der Waals surface area contributed by atoms with Crippen LogP contribution in [0.3, 0.4) is 0 Å². The molecule has 0 bridgehead atoms. The van der Waals surface area contributed by atoms with Crippen LogP contribution in [0.15, 0.2) is 195 Å². The maximum absolute atomic E-state index is 14.7. The zero-order valence-electron chi connectivity index (χ0n) is 34.6. The van der Waals surface area contributed by atoms with E-state index >= 15 is 0 Å². The number of fused-ring (bicyclic) bond motifs is 1. The van der Waals surface area contributed by atoms with Crippen LogP contribution >= 0.6 is 0 Å². The fourth-order valence-electron chi connectivity index (χ4n) is 8.65. The number of alkyl halides is 3. The van der Waals surface area contributed by atoms with E-state index in [0.717, 1.165) is 16.7 Å². The maximum Gasteiger partial charge on any atom is 0.523 e. The van der Waals surface area contributed by atoms with Crippen molar-refractivity contribution in [2.75, 3.05) is 6.61 Å². The molecule has 0 aliphatic carbocycles. The van der Waals surface area contributed by atoms with E-state index in [4.69, 9.17) is 24.1 Å². The van der Waals surface area contributed by atoms with Gasteiger partial charge in [-0.2, -0.15) is 21.6 Å². The van der Waals surface area contributed by atoms with Crippen molar-refractivity contribution in [2.45, 2.75) is 47.8 Å². The van der Waals surface area contributed by atoms with Gasteiger partial charge in [-0.1, -0.05) is 182 Å². The van der Waals surface area contributed by atoms with Crippen molar-refractivity contribution < 1.29 is 40.0 Å². The summed E-state index contributed by atoms with van der Waals surface area (Å²) in [6.45, 7) is -0.420. The lowest BCUT2D eigenvalue weighted by Gasteiger charge is -2.41. The van der Waals surface area contributed by atoms with Gasteiger partial charge in [-0.05, 0) is 33.4 Å². The van der Waals surface area contributed by atoms with Gasteiger partial charge in [-0.15, -0.1) is 0 Å². The van der Waals surface area contributed by atoms with Crippen LogP contribution in [0, 0.1) is 0 Å². The Morgan fingerprint density at radius 2 is 1.00 bits per heavy atom. The van der Waals surface area contributed by atoms with Gasteiger partial charge in [-0.3, -0.25) is 8.75 Å². The predicted octanol–water partition coefficient (Wildman–Crippen LogP) is 8.80. The molecule has 3 heterocycles. The van der Waals surface area contributed by atoms with Crippen LogP contribution in [0.4, 0.5) is 13.2 Å². The Morgan fingerprint density at radius 3 is 1.40 bits per heavy atom. The molecule has 0 amide bonds. The monoisotopic (exact) mass is 897 g/mol. The molecule has 4 atom stereocenters. The number of aromatic nitrogens is 4. The molecule has 8 aromatic rings. The molecule has 2 N–H and O–H groups in total. The molecule has 15 heteroatoms. The summed E-state index contributed by atoms with van der Waals surface area (Å²) in [5, 5.41) is 0. The molecule has 11 nitrogen and oxygen atoms in total. The Labute approximate surface area is 373 Å². The summed E-state index contributed by atoms with van der Waals surface area (Å²) in [5.41, 5.74) is 1.84. The third-order valence-corrected chi connectivity index (χ3v) is 12.6. The average molecular weight is 898 g/mol. The number of hydrogen-bond donors (Lipinski definition) is 1. The molecule has 1 fully saturated rings. The van der Waals surface area contributed by atoms with Gasteiger partial charge in [0.2, 0.25) is 0 Å². The second-order valence-electron chi connectivity index (χ2n) is 15.3. The van der Waals surface area contributed by atoms with Gasteiger partial charge in [0, 0.05) is 6.54 Å². The van der Waals surface area contributed by atoms with Crippen LogP contribution in [-0.4, -0.2) is 58.4 Å². The number of nitrogens with zero attached hydrogens (tertiary/aromatic N) is 4. The van der Waals surface area contributed by atoms with E-state index < -0.39 is 51.4 Å². The van der Waals surface area contributed by atoms with Crippen LogP contribution in [0.1, 0.15) is 45.3 Å². The molecule has 0 saturated carbocycles. The Kier molecular flexibility index (Phi) is 12.2. The highest BCUT2D eigenvalue weighted by atomic mass is 32.2. The molecule has 0 unspecified atom stereocenters. The third kappa shape index (κ3) is 8.11. The van der Waals surface area contributed by atoms with Crippen LogP contribution in [-0.2, 0) is 46.3 Å². The van der Waals surface area contributed by atoms with E-state index in [0.29, 0.717) is 22.4 Å². The highest BCUT2D eigenvalue weighted by Gasteiger charge is 2.58. The van der Waals surface area contributed by atoms with Crippen LogP contribution in [0.2, 0.25) is 0 Å². The molecule has 9 rings (SSSR count). The number of rotatable bonds is 15. The number of benzene rings is 6. The fraction of sp³-hybridized carbons (Fsp3) is 0.180. The molecular weight excluding hydrogens is 856 g/mol. The van der Waals surface area contributed by atoms with Gasteiger partial charge >= 0.3 is 15.6 Å². The number of hydrogen-bond acceptors (Lipinski definition) is 10. The van der Waals surface area contributed by atoms with Crippen molar-refractivity contribution in [1.82, 2.24) is 19.5 Å². The van der Waals surface area contributed by atoms with E-state index in [1.54, 1.807) is 0 Å². The largest absolute Gasteiger partial charge is 0.523 e. The standard InChI is InChI=1S/C50H42F3N5O6S/c51-50(52,53)65(59,60)64-45-44(63-49(38-25-13-4-14-26-38,39-27-15-5-16-28-39)40-29-17-6-18-30-40)42(62-47(45)58-34-57-43-41(31-54)55-33-56-46(43)58)32-61-48(35-19-7-1-8-20-35,36-21-9-2-10-22-36)37-23-11-3-12-24-37/h1-30,33-34,42,44-45,47H,31-32,54H2/t42-,44-,45-,47-/m1/s1. The Morgan fingerprint density at radius 1 is 0.585 bits per heavy atom. The van der Waals surface area contributed by atoms with E-state index in [-0.39, 0.29) is 24.3 Å². The van der Waals surface area contributed by atoms with Crippen LogP contribution in [0.25, 0.3) is 11.2 Å². The van der Waals surface area contributed by atoms with Crippen molar-refractivity contribution in [3.8, 4) is 0 Å². The van der Waals surface area contributed by atoms with Crippen molar-refractivity contribution in [3.63, 3.8) is 0 Å². The lowest BCUT2D eigenvalue weighted by molar-refractivity contribution is -0.131. The first-order chi connectivity index (χ1) is 31.6. The van der Waals surface area contributed by atoms with Gasteiger partial charge in [0.25, 0.3) is 0 Å². The molecule has 0 spiro atoms. The zero-order chi connectivity index (χ0) is 45.1. The summed E-state index contributed by atoms with van der Waals surface area (Å²) in [4.78, 5) is 13.1.